The Labute approximate surface area is 290 Å². The van der Waals surface area contributed by atoms with Crippen molar-refractivity contribution in [2.45, 2.75) is 0 Å². The molecule has 0 unspecified atom stereocenters. The topological polar surface area (TPSA) is 51.6 Å². The molecule has 9 aromatic rings. The van der Waals surface area contributed by atoms with E-state index in [9.17, 15) is 0 Å². The third kappa shape index (κ3) is 5.39. The van der Waals surface area contributed by atoms with Crippen molar-refractivity contribution >= 4 is 21.5 Å². The van der Waals surface area contributed by atoms with E-state index in [2.05, 4.69) is 137 Å². The second-order valence-corrected chi connectivity index (χ2v) is 12.3. The number of fused-ring (bicyclic) bond motifs is 2. The first-order valence-electron chi connectivity index (χ1n) is 16.7. The van der Waals surface area contributed by atoms with Crippen molar-refractivity contribution in [1.29, 1.82) is 0 Å². The van der Waals surface area contributed by atoms with Gasteiger partial charge in [-0.25, -0.2) is 9.97 Å². The lowest BCUT2D eigenvalue weighted by atomic mass is 9.86. The molecule has 0 N–H and O–H groups in total. The molecule has 0 amide bonds. The van der Waals surface area contributed by atoms with Crippen molar-refractivity contribution in [3.05, 3.63) is 183 Å². The zero-order valence-corrected chi connectivity index (χ0v) is 27.1. The predicted octanol–water partition coefficient (Wildman–Crippen LogP) is 11.6. The van der Waals surface area contributed by atoms with Gasteiger partial charge in [-0.05, 0) is 74.1 Å². The lowest BCUT2D eigenvalue weighted by Gasteiger charge is -2.18. The number of hydrogen-bond acceptors (Lipinski definition) is 4. The zero-order chi connectivity index (χ0) is 33.3. The van der Waals surface area contributed by atoms with Crippen LogP contribution in [0.5, 0.6) is 0 Å². The minimum Gasteiger partial charge on any atom is -0.264 e. The average molecular weight is 639 g/mol. The van der Waals surface area contributed by atoms with Crippen molar-refractivity contribution in [3.8, 4) is 67.3 Å². The highest BCUT2D eigenvalue weighted by atomic mass is 14.9. The summed E-state index contributed by atoms with van der Waals surface area (Å²) in [5.41, 5.74) is 11.5. The van der Waals surface area contributed by atoms with Crippen molar-refractivity contribution in [2.24, 2.45) is 0 Å². The van der Waals surface area contributed by atoms with Crippen molar-refractivity contribution in [3.63, 3.8) is 0 Å². The van der Waals surface area contributed by atoms with E-state index in [1.165, 1.54) is 32.7 Å². The number of benzene rings is 6. The van der Waals surface area contributed by atoms with Crippen LogP contribution in [0.25, 0.3) is 88.8 Å². The van der Waals surface area contributed by atoms with E-state index in [0.717, 1.165) is 50.3 Å². The van der Waals surface area contributed by atoms with Crippen LogP contribution < -0.4 is 0 Å². The summed E-state index contributed by atoms with van der Waals surface area (Å²) in [6, 6.07) is 55.1. The highest BCUT2D eigenvalue weighted by Gasteiger charge is 2.18. The van der Waals surface area contributed by atoms with E-state index in [1.807, 2.05) is 48.9 Å². The van der Waals surface area contributed by atoms with Crippen LogP contribution in [0.2, 0.25) is 0 Å². The molecule has 9 rings (SSSR count). The molecule has 3 heterocycles. The minimum absolute atomic E-state index is 0.676. The fraction of sp³-hybridized carbons (Fsp3) is 0. The number of nitrogens with zero attached hydrogens (tertiary/aromatic N) is 4. The Balaban J connectivity index is 1.24. The third-order valence-corrected chi connectivity index (χ3v) is 9.24. The van der Waals surface area contributed by atoms with Gasteiger partial charge in [0.05, 0.1) is 11.4 Å². The molecule has 0 aliphatic rings. The first-order chi connectivity index (χ1) is 24.8. The van der Waals surface area contributed by atoms with Gasteiger partial charge in [0.25, 0.3) is 0 Å². The van der Waals surface area contributed by atoms with Crippen LogP contribution in [0.4, 0.5) is 0 Å². The average Bonchev–Trinajstić information content (AvgIpc) is 3.21. The summed E-state index contributed by atoms with van der Waals surface area (Å²) in [6.45, 7) is 0. The van der Waals surface area contributed by atoms with Gasteiger partial charge in [0, 0.05) is 52.6 Å². The Morgan fingerprint density at radius 1 is 0.300 bits per heavy atom. The molecule has 4 nitrogen and oxygen atoms in total. The molecule has 6 aromatic carbocycles. The lowest BCUT2D eigenvalue weighted by molar-refractivity contribution is 1.18. The molecule has 0 fully saturated rings. The number of aromatic nitrogens is 4. The fourth-order valence-electron chi connectivity index (χ4n) is 6.95. The maximum Gasteiger partial charge on any atom is 0.160 e. The van der Waals surface area contributed by atoms with Gasteiger partial charge in [0.2, 0.25) is 0 Å². The molecule has 50 heavy (non-hydrogen) atoms. The zero-order valence-electron chi connectivity index (χ0n) is 27.1. The summed E-state index contributed by atoms with van der Waals surface area (Å²) in [7, 11) is 0. The monoisotopic (exact) mass is 638 g/mol. The Kier molecular flexibility index (Phi) is 7.45. The first-order valence-corrected chi connectivity index (χ1v) is 16.7. The van der Waals surface area contributed by atoms with Crippen LogP contribution in [0, 0.1) is 0 Å². The van der Waals surface area contributed by atoms with Crippen LogP contribution >= 0.6 is 0 Å². The van der Waals surface area contributed by atoms with Gasteiger partial charge in [0.1, 0.15) is 0 Å². The molecule has 234 valence electrons. The maximum absolute atomic E-state index is 5.21. The summed E-state index contributed by atoms with van der Waals surface area (Å²) in [4.78, 5) is 19.2. The van der Waals surface area contributed by atoms with Gasteiger partial charge >= 0.3 is 0 Å². The van der Waals surface area contributed by atoms with Gasteiger partial charge in [0.15, 0.2) is 5.82 Å². The largest absolute Gasteiger partial charge is 0.264 e. The molecule has 0 radical (unpaired) electrons. The molecule has 0 saturated carbocycles. The molecule has 0 aliphatic carbocycles. The maximum atomic E-state index is 5.21. The van der Waals surface area contributed by atoms with Gasteiger partial charge in [-0.3, -0.25) is 9.97 Å². The van der Waals surface area contributed by atoms with Crippen molar-refractivity contribution in [1.82, 2.24) is 19.9 Å². The molecule has 0 aliphatic heterocycles. The number of pyridine rings is 2. The van der Waals surface area contributed by atoms with E-state index in [4.69, 9.17) is 9.97 Å². The summed E-state index contributed by atoms with van der Waals surface area (Å²) in [5.74, 6) is 0.676. The molecular formula is C46H30N4. The van der Waals surface area contributed by atoms with Gasteiger partial charge in [-0.2, -0.15) is 0 Å². The molecule has 3 aromatic heterocycles. The van der Waals surface area contributed by atoms with Crippen LogP contribution in [0.15, 0.2) is 183 Å². The van der Waals surface area contributed by atoms with E-state index >= 15 is 0 Å². The normalized spacial score (nSPS) is 11.2. The quantitative estimate of drug-likeness (QED) is 0.170. The highest BCUT2D eigenvalue weighted by molar-refractivity contribution is 6.21. The van der Waals surface area contributed by atoms with E-state index in [-0.39, 0.29) is 0 Å². The minimum atomic E-state index is 0.676. The van der Waals surface area contributed by atoms with E-state index < -0.39 is 0 Å². The Bertz CT molecular complexity index is 2580. The summed E-state index contributed by atoms with van der Waals surface area (Å²) in [5, 5.41) is 4.76. The molecule has 0 spiro atoms. The molecule has 0 bridgehead atoms. The molecular weight excluding hydrogens is 609 g/mol. The second-order valence-electron chi connectivity index (χ2n) is 12.3. The predicted molar refractivity (Wildman–Crippen MR) is 205 cm³/mol. The number of rotatable bonds is 6. The summed E-state index contributed by atoms with van der Waals surface area (Å²) >= 11 is 0. The van der Waals surface area contributed by atoms with Crippen molar-refractivity contribution in [2.75, 3.05) is 0 Å². The second kappa shape index (κ2) is 12.7. The SMILES string of the molecule is c1ccc(-c2cc(-c3cccc(-c4cccnc4)c3)nc(-c3cccc(-c4c5ccccc5c(-c5cccnc5)c5ccccc45)c3)n2)cc1. The van der Waals surface area contributed by atoms with Gasteiger partial charge in [-0.15, -0.1) is 0 Å². The fourth-order valence-corrected chi connectivity index (χ4v) is 6.95. The smallest absolute Gasteiger partial charge is 0.160 e. The number of hydrogen-bond donors (Lipinski definition) is 0. The van der Waals surface area contributed by atoms with Crippen LogP contribution in [0.1, 0.15) is 0 Å². The van der Waals surface area contributed by atoms with E-state index in [0.29, 0.717) is 5.82 Å². The standard InChI is InChI=1S/C46H30N4/c1-2-12-31(13-3-1)42-28-43(33-15-8-14-32(26-33)36-18-10-24-47-29-36)50-46(49-42)35-17-9-16-34(27-35)44-38-20-4-6-22-40(38)45(37-19-11-25-48-30-37)41-23-7-5-21-39(41)44/h1-30H. The highest BCUT2D eigenvalue weighted by Crippen LogP contribution is 2.44. The Morgan fingerprint density at radius 3 is 1.38 bits per heavy atom. The Morgan fingerprint density at radius 2 is 0.760 bits per heavy atom. The molecule has 0 atom stereocenters. The molecule has 4 heteroatoms. The van der Waals surface area contributed by atoms with Crippen molar-refractivity contribution < 1.29 is 0 Å². The van der Waals surface area contributed by atoms with Crippen LogP contribution in [-0.2, 0) is 0 Å². The van der Waals surface area contributed by atoms with Gasteiger partial charge in [-0.1, -0.05) is 127 Å². The van der Waals surface area contributed by atoms with Gasteiger partial charge < -0.3 is 0 Å². The summed E-state index contributed by atoms with van der Waals surface area (Å²) in [6.07, 6.45) is 7.47. The third-order valence-electron chi connectivity index (χ3n) is 9.24. The first kappa shape index (κ1) is 29.4. The molecule has 0 saturated heterocycles. The summed E-state index contributed by atoms with van der Waals surface area (Å²) < 4.78 is 0. The lowest BCUT2D eigenvalue weighted by Crippen LogP contribution is -1.97. The van der Waals surface area contributed by atoms with Crippen LogP contribution in [0.3, 0.4) is 0 Å². The van der Waals surface area contributed by atoms with E-state index in [1.54, 1.807) is 6.20 Å². The van der Waals surface area contributed by atoms with Crippen LogP contribution in [-0.4, -0.2) is 19.9 Å². The Hall–Kier alpha value is -6.78.